The van der Waals surface area contributed by atoms with Gasteiger partial charge in [0.25, 0.3) is 0 Å². The van der Waals surface area contributed by atoms with Crippen LogP contribution in [0.2, 0.25) is 5.02 Å². The van der Waals surface area contributed by atoms with E-state index in [1.54, 1.807) is 0 Å². The molecule has 0 heterocycles. The van der Waals surface area contributed by atoms with Gasteiger partial charge in [-0.05, 0) is 34.9 Å². The summed E-state index contributed by atoms with van der Waals surface area (Å²) >= 11 is 9.73. The number of hydrogen-bond donors (Lipinski definition) is 1. The van der Waals surface area contributed by atoms with Crippen molar-refractivity contribution in [1.82, 2.24) is 5.32 Å². The molecule has 0 aromatic heterocycles. The number of rotatable bonds is 4. The van der Waals surface area contributed by atoms with Crippen molar-refractivity contribution in [1.29, 1.82) is 0 Å². The average Bonchev–Trinajstić information content (AvgIpc) is 2.37. The van der Waals surface area contributed by atoms with Crippen LogP contribution in [0, 0.1) is 0 Å². The Labute approximate surface area is 128 Å². The average molecular weight is 339 g/mol. The van der Waals surface area contributed by atoms with Gasteiger partial charge in [0.15, 0.2) is 0 Å². The van der Waals surface area contributed by atoms with Gasteiger partial charge < -0.3 is 5.32 Å². The molecule has 19 heavy (non-hydrogen) atoms. The summed E-state index contributed by atoms with van der Waals surface area (Å²) in [6.45, 7) is 5.10. The van der Waals surface area contributed by atoms with Crippen molar-refractivity contribution in [3.63, 3.8) is 0 Å². The number of benzene rings is 2. The van der Waals surface area contributed by atoms with Gasteiger partial charge in [-0.15, -0.1) is 0 Å². The third-order valence-corrected chi connectivity index (χ3v) is 3.86. The molecule has 0 aliphatic heterocycles. The molecule has 2 rings (SSSR count). The van der Waals surface area contributed by atoms with E-state index >= 15 is 0 Å². The van der Waals surface area contributed by atoms with Gasteiger partial charge in [-0.25, -0.2) is 0 Å². The topological polar surface area (TPSA) is 12.0 Å². The predicted molar refractivity (Wildman–Crippen MR) is 86.6 cm³/mol. The highest BCUT2D eigenvalue weighted by Crippen LogP contribution is 2.32. The van der Waals surface area contributed by atoms with E-state index in [-0.39, 0.29) is 0 Å². The van der Waals surface area contributed by atoms with Gasteiger partial charge in [-0.2, -0.15) is 0 Å². The minimum absolute atomic E-state index is 0.450. The Morgan fingerprint density at radius 3 is 2.53 bits per heavy atom. The summed E-state index contributed by atoms with van der Waals surface area (Å²) in [5, 5.41) is 4.22. The van der Waals surface area contributed by atoms with Crippen molar-refractivity contribution < 1.29 is 0 Å². The molecule has 1 nitrogen and oxygen atoms in total. The first kappa shape index (κ1) is 14.6. The normalized spacial score (nSPS) is 11.0. The molecule has 0 fully saturated rings. The van der Waals surface area contributed by atoms with Gasteiger partial charge in [0, 0.05) is 22.1 Å². The second-order valence-corrected chi connectivity index (χ2v) is 6.11. The van der Waals surface area contributed by atoms with Crippen molar-refractivity contribution in [2.75, 3.05) is 0 Å². The van der Waals surface area contributed by atoms with Crippen molar-refractivity contribution in [3.05, 3.63) is 57.5 Å². The third-order valence-electron chi connectivity index (χ3n) is 2.93. The highest BCUT2D eigenvalue weighted by atomic mass is 79.9. The predicted octanol–water partition coefficient (Wildman–Crippen LogP) is 5.27. The molecule has 0 saturated carbocycles. The largest absolute Gasteiger partial charge is 0.310 e. The summed E-state index contributed by atoms with van der Waals surface area (Å²) in [5.41, 5.74) is 3.62. The second kappa shape index (κ2) is 6.56. The van der Waals surface area contributed by atoms with Crippen LogP contribution in [0.3, 0.4) is 0 Å². The van der Waals surface area contributed by atoms with Gasteiger partial charge >= 0.3 is 0 Å². The van der Waals surface area contributed by atoms with Gasteiger partial charge in [-0.3, -0.25) is 0 Å². The van der Waals surface area contributed by atoms with E-state index in [2.05, 4.69) is 53.3 Å². The van der Waals surface area contributed by atoms with E-state index in [0.717, 1.165) is 16.0 Å². The minimum atomic E-state index is 0.450. The maximum absolute atomic E-state index is 6.12. The molecule has 0 aliphatic rings. The summed E-state index contributed by atoms with van der Waals surface area (Å²) in [6, 6.07) is 14.8. The first-order chi connectivity index (χ1) is 9.08. The molecule has 0 atom stereocenters. The molecule has 2 aromatic carbocycles. The molecule has 0 unspecified atom stereocenters. The van der Waals surface area contributed by atoms with Crippen LogP contribution in [-0.4, -0.2) is 6.04 Å². The molecule has 1 N–H and O–H groups in total. The summed E-state index contributed by atoms with van der Waals surface area (Å²) < 4.78 is 1.10. The fourth-order valence-corrected chi connectivity index (χ4v) is 2.66. The Kier molecular flexibility index (Phi) is 5.03. The fraction of sp³-hybridized carbons (Fsp3) is 0.250. The molecule has 100 valence electrons. The zero-order valence-corrected chi connectivity index (χ0v) is 13.4. The van der Waals surface area contributed by atoms with Crippen molar-refractivity contribution in [2.45, 2.75) is 26.4 Å². The van der Waals surface area contributed by atoms with E-state index in [1.807, 2.05) is 24.3 Å². The molecule has 2 aromatic rings. The summed E-state index contributed by atoms with van der Waals surface area (Å²) in [4.78, 5) is 0. The second-order valence-electron chi connectivity index (χ2n) is 4.82. The van der Waals surface area contributed by atoms with Crippen LogP contribution in [0.4, 0.5) is 0 Å². The van der Waals surface area contributed by atoms with Crippen LogP contribution in [0.1, 0.15) is 19.4 Å². The zero-order chi connectivity index (χ0) is 13.8. The molecule has 0 aliphatic carbocycles. The van der Waals surface area contributed by atoms with E-state index in [1.165, 1.54) is 16.7 Å². The highest BCUT2D eigenvalue weighted by Gasteiger charge is 2.09. The Balaban J connectivity index is 2.42. The van der Waals surface area contributed by atoms with E-state index in [9.17, 15) is 0 Å². The van der Waals surface area contributed by atoms with E-state index in [0.29, 0.717) is 6.04 Å². The van der Waals surface area contributed by atoms with Gasteiger partial charge in [0.1, 0.15) is 0 Å². The Bertz CT molecular complexity index is 566. The molecule has 0 spiro atoms. The lowest BCUT2D eigenvalue weighted by molar-refractivity contribution is 0.589. The van der Waals surface area contributed by atoms with E-state index < -0.39 is 0 Å². The van der Waals surface area contributed by atoms with Crippen LogP contribution in [0.15, 0.2) is 46.9 Å². The molecule has 0 radical (unpaired) electrons. The molecular weight excluding hydrogens is 322 g/mol. The monoisotopic (exact) mass is 337 g/mol. The van der Waals surface area contributed by atoms with Gasteiger partial charge in [0.2, 0.25) is 0 Å². The molecular formula is C16H17BrClN. The number of hydrogen-bond acceptors (Lipinski definition) is 1. The molecule has 0 bridgehead atoms. The smallest absolute Gasteiger partial charge is 0.0409 e. The minimum Gasteiger partial charge on any atom is -0.310 e. The summed E-state index contributed by atoms with van der Waals surface area (Å²) in [7, 11) is 0. The first-order valence-corrected chi connectivity index (χ1v) is 7.51. The Morgan fingerprint density at radius 2 is 1.84 bits per heavy atom. The lowest BCUT2D eigenvalue weighted by Crippen LogP contribution is -2.22. The lowest BCUT2D eigenvalue weighted by atomic mass is 9.99. The van der Waals surface area contributed by atoms with Crippen LogP contribution < -0.4 is 5.32 Å². The SMILES string of the molecule is CC(C)NCc1cc(Cl)ccc1-c1ccccc1Br. The van der Waals surface area contributed by atoms with E-state index in [4.69, 9.17) is 11.6 Å². The third kappa shape index (κ3) is 3.82. The lowest BCUT2D eigenvalue weighted by Gasteiger charge is -2.14. The summed E-state index contributed by atoms with van der Waals surface area (Å²) in [6.07, 6.45) is 0. The van der Waals surface area contributed by atoms with Crippen molar-refractivity contribution in [2.24, 2.45) is 0 Å². The summed E-state index contributed by atoms with van der Waals surface area (Å²) in [5.74, 6) is 0. The highest BCUT2D eigenvalue weighted by molar-refractivity contribution is 9.10. The maximum Gasteiger partial charge on any atom is 0.0409 e. The Hall–Kier alpha value is -0.830. The van der Waals surface area contributed by atoms with Crippen LogP contribution in [0.25, 0.3) is 11.1 Å². The van der Waals surface area contributed by atoms with Crippen LogP contribution in [-0.2, 0) is 6.54 Å². The quantitative estimate of drug-likeness (QED) is 0.801. The van der Waals surface area contributed by atoms with Gasteiger partial charge in [0.05, 0.1) is 0 Å². The van der Waals surface area contributed by atoms with Crippen molar-refractivity contribution >= 4 is 27.5 Å². The molecule has 3 heteroatoms. The molecule has 0 amide bonds. The van der Waals surface area contributed by atoms with Crippen molar-refractivity contribution in [3.8, 4) is 11.1 Å². The first-order valence-electron chi connectivity index (χ1n) is 6.34. The Morgan fingerprint density at radius 1 is 1.11 bits per heavy atom. The zero-order valence-electron chi connectivity index (χ0n) is 11.1. The maximum atomic E-state index is 6.12. The number of nitrogens with one attached hydrogen (secondary N) is 1. The number of halogens is 2. The fourth-order valence-electron chi connectivity index (χ4n) is 1.97. The van der Waals surface area contributed by atoms with Gasteiger partial charge in [-0.1, -0.05) is 65.6 Å². The molecule has 0 saturated heterocycles. The van der Waals surface area contributed by atoms with Crippen LogP contribution >= 0.6 is 27.5 Å². The standard InChI is InChI=1S/C16H17BrClN/c1-11(2)19-10-12-9-13(18)7-8-14(12)15-5-3-4-6-16(15)17/h3-9,11,19H,10H2,1-2H3. The van der Waals surface area contributed by atoms with Crippen LogP contribution in [0.5, 0.6) is 0 Å².